The van der Waals surface area contributed by atoms with E-state index >= 15 is 0 Å². The Bertz CT molecular complexity index is 1150. The number of hydrogen-bond donors (Lipinski definition) is 0. The quantitative estimate of drug-likeness (QED) is 0.348. The number of amides is 3. The summed E-state index contributed by atoms with van der Waals surface area (Å²) in [4.78, 5) is 45.9. The van der Waals surface area contributed by atoms with Crippen molar-refractivity contribution in [2.75, 3.05) is 13.1 Å². The van der Waals surface area contributed by atoms with Crippen LogP contribution in [0.1, 0.15) is 61.8 Å². The average Bonchev–Trinajstić information content (AvgIpc) is 3.04. The van der Waals surface area contributed by atoms with Crippen molar-refractivity contribution in [1.29, 1.82) is 0 Å². The van der Waals surface area contributed by atoms with E-state index in [-0.39, 0.29) is 23.6 Å². The standard InChI is InChI=1S/C29H30Br2N2O3/c1-17(2)24(27(36)32-15-9-3-4-10-16-32)33-25(34)22-23(26(33)35)29(31)19-12-6-5-11-18(19)28(22,30)20-13-7-8-14-21(20)29/h5-8,11-14,17,22-24H,3-4,9-10,15-16H2,1-2H3/t22-,23-,24-,28?,29?/m1/s1. The molecule has 7 heteroatoms. The van der Waals surface area contributed by atoms with Gasteiger partial charge in [-0.2, -0.15) is 0 Å². The molecular weight excluding hydrogens is 584 g/mol. The van der Waals surface area contributed by atoms with Crippen molar-refractivity contribution in [3.63, 3.8) is 0 Å². The highest BCUT2D eigenvalue weighted by Gasteiger charge is 2.73. The average molecular weight is 614 g/mol. The number of carbonyl (C=O) groups is 3. The summed E-state index contributed by atoms with van der Waals surface area (Å²) in [5.41, 5.74) is 4.02. The minimum atomic E-state index is -0.838. The molecule has 2 bridgehead atoms. The van der Waals surface area contributed by atoms with Gasteiger partial charge in [-0.3, -0.25) is 19.3 Å². The summed E-state index contributed by atoms with van der Waals surface area (Å²) in [5, 5.41) is 0. The van der Waals surface area contributed by atoms with Crippen LogP contribution in [-0.2, 0) is 23.0 Å². The zero-order valence-electron chi connectivity index (χ0n) is 20.5. The molecule has 3 aliphatic carbocycles. The molecule has 0 saturated carbocycles. The van der Waals surface area contributed by atoms with Crippen LogP contribution in [0.15, 0.2) is 48.5 Å². The van der Waals surface area contributed by atoms with Gasteiger partial charge >= 0.3 is 0 Å². The van der Waals surface area contributed by atoms with E-state index in [0.717, 1.165) is 47.9 Å². The van der Waals surface area contributed by atoms with E-state index in [1.54, 1.807) is 0 Å². The van der Waals surface area contributed by atoms with Crippen molar-refractivity contribution >= 4 is 49.6 Å². The van der Waals surface area contributed by atoms with E-state index in [9.17, 15) is 14.4 Å². The molecule has 2 fully saturated rings. The topological polar surface area (TPSA) is 57.7 Å². The highest BCUT2D eigenvalue weighted by Crippen LogP contribution is 2.70. The van der Waals surface area contributed by atoms with Gasteiger partial charge in [0.15, 0.2) is 0 Å². The van der Waals surface area contributed by atoms with Gasteiger partial charge in [0.05, 0.1) is 20.5 Å². The van der Waals surface area contributed by atoms with Gasteiger partial charge in [-0.05, 0) is 41.0 Å². The fourth-order valence-corrected chi connectivity index (χ4v) is 9.44. The minimum Gasteiger partial charge on any atom is -0.341 e. The zero-order chi connectivity index (χ0) is 25.4. The molecule has 5 aliphatic rings. The van der Waals surface area contributed by atoms with Crippen LogP contribution in [0.3, 0.4) is 0 Å². The third kappa shape index (κ3) is 3.02. The van der Waals surface area contributed by atoms with Gasteiger partial charge in [-0.15, -0.1) is 0 Å². The molecule has 0 N–H and O–H groups in total. The molecule has 5 nitrogen and oxygen atoms in total. The molecule has 3 atom stereocenters. The summed E-state index contributed by atoms with van der Waals surface area (Å²) in [7, 11) is 0. The summed E-state index contributed by atoms with van der Waals surface area (Å²) < 4.78 is -1.68. The van der Waals surface area contributed by atoms with Gasteiger partial charge in [0.2, 0.25) is 17.7 Å². The Hall–Kier alpha value is -1.99. The molecule has 0 spiro atoms. The fourth-order valence-electron chi connectivity index (χ4n) is 7.13. The van der Waals surface area contributed by atoms with Crippen molar-refractivity contribution in [2.24, 2.45) is 17.8 Å². The second-order valence-corrected chi connectivity index (χ2v) is 13.4. The Morgan fingerprint density at radius 1 is 0.778 bits per heavy atom. The van der Waals surface area contributed by atoms with Crippen LogP contribution in [0.5, 0.6) is 0 Å². The highest BCUT2D eigenvalue weighted by molar-refractivity contribution is 9.10. The first kappa shape index (κ1) is 24.4. The lowest BCUT2D eigenvalue weighted by Crippen LogP contribution is -2.56. The molecule has 0 aromatic heterocycles. The van der Waals surface area contributed by atoms with Gasteiger partial charge in [0, 0.05) is 13.1 Å². The monoisotopic (exact) mass is 612 g/mol. The van der Waals surface area contributed by atoms with Crippen LogP contribution in [0.4, 0.5) is 0 Å². The fraction of sp³-hybridized carbons (Fsp3) is 0.483. The van der Waals surface area contributed by atoms with Crippen molar-refractivity contribution < 1.29 is 14.4 Å². The number of likely N-dealkylation sites (tertiary alicyclic amines) is 2. The lowest BCUT2D eigenvalue weighted by Gasteiger charge is -2.55. The van der Waals surface area contributed by atoms with Crippen LogP contribution in [-0.4, -0.2) is 46.7 Å². The number of rotatable bonds is 3. The molecule has 7 rings (SSSR count). The van der Waals surface area contributed by atoms with Crippen molar-refractivity contribution in [3.8, 4) is 0 Å². The normalized spacial score (nSPS) is 31.7. The van der Waals surface area contributed by atoms with E-state index < -0.39 is 26.5 Å². The van der Waals surface area contributed by atoms with Gasteiger partial charge in [0.1, 0.15) is 6.04 Å². The molecule has 2 aliphatic heterocycles. The van der Waals surface area contributed by atoms with E-state index in [2.05, 4.69) is 56.1 Å². The van der Waals surface area contributed by atoms with Gasteiger partial charge < -0.3 is 4.90 Å². The smallest absolute Gasteiger partial charge is 0.246 e. The number of alkyl halides is 2. The Balaban J connectivity index is 1.50. The highest BCUT2D eigenvalue weighted by atomic mass is 79.9. The number of nitrogens with zero attached hydrogens (tertiary/aromatic N) is 2. The first-order chi connectivity index (χ1) is 17.2. The number of halogens is 2. The van der Waals surface area contributed by atoms with Crippen LogP contribution in [0.25, 0.3) is 0 Å². The Kier molecular flexibility index (Phi) is 5.76. The van der Waals surface area contributed by atoms with Gasteiger partial charge in [-0.1, -0.05) is 107 Å². The van der Waals surface area contributed by atoms with Crippen LogP contribution < -0.4 is 0 Å². The molecule has 3 amide bonds. The maximum Gasteiger partial charge on any atom is 0.246 e. The SMILES string of the molecule is CC(C)[C@H](C(=O)N1CCCCCC1)N1C(=O)[C@H]2[C@H](C1=O)C1(Br)c3ccccc3C2(Br)c2ccccc21. The molecule has 2 aromatic rings. The number of benzene rings is 2. The molecule has 188 valence electrons. The predicted molar refractivity (Wildman–Crippen MR) is 145 cm³/mol. The summed E-state index contributed by atoms with van der Waals surface area (Å²) in [6.45, 7) is 5.25. The molecule has 0 radical (unpaired) electrons. The summed E-state index contributed by atoms with van der Waals surface area (Å²) in [5.74, 6) is -2.08. The molecule has 2 aromatic carbocycles. The second kappa shape index (κ2) is 8.52. The number of imide groups is 1. The third-order valence-corrected chi connectivity index (χ3v) is 11.4. The predicted octanol–water partition coefficient (Wildman–Crippen LogP) is 5.32. The Morgan fingerprint density at radius 3 is 1.53 bits per heavy atom. The Labute approximate surface area is 228 Å². The molecule has 36 heavy (non-hydrogen) atoms. The maximum atomic E-state index is 14.4. The van der Waals surface area contributed by atoms with E-state index in [1.807, 2.05) is 43.0 Å². The van der Waals surface area contributed by atoms with Gasteiger partial charge in [-0.25, -0.2) is 0 Å². The van der Waals surface area contributed by atoms with E-state index in [1.165, 1.54) is 4.90 Å². The largest absolute Gasteiger partial charge is 0.341 e. The van der Waals surface area contributed by atoms with Crippen molar-refractivity contribution in [3.05, 3.63) is 70.8 Å². The van der Waals surface area contributed by atoms with Crippen LogP contribution >= 0.6 is 31.9 Å². The molecular formula is C29H30Br2N2O3. The number of carbonyl (C=O) groups excluding carboxylic acids is 3. The van der Waals surface area contributed by atoms with Gasteiger partial charge in [0.25, 0.3) is 0 Å². The van der Waals surface area contributed by atoms with Crippen LogP contribution in [0.2, 0.25) is 0 Å². The zero-order valence-corrected chi connectivity index (χ0v) is 23.7. The Morgan fingerprint density at radius 2 is 1.17 bits per heavy atom. The first-order valence-electron chi connectivity index (χ1n) is 13.0. The second-order valence-electron chi connectivity index (χ2n) is 10.9. The minimum absolute atomic E-state index is 0.0955. The molecule has 2 saturated heterocycles. The summed E-state index contributed by atoms with van der Waals surface area (Å²) in [6, 6.07) is 15.3. The van der Waals surface area contributed by atoms with Crippen molar-refractivity contribution in [2.45, 2.75) is 54.2 Å². The third-order valence-electron chi connectivity index (χ3n) is 8.70. The molecule has 2 heterocycles. The summed E-state index contributed by atoms with van der Waals surface area (Å²) in [6.07, 6.45) is 4.14. The lowest BCUT2D eigenvalue weighted by atomic mass is 9.54. The lowest BCUT2D eigenvalue weighted by molar-refractivity contribution is -0.153. The number of hydrogen-bond acceptors (Lipinski definition) is 3. The molecule has 0 unspecified atom stereocenters. The summed E-state index contributed by atoms with van der Waals surface area (Å²) >= 11 is 8.10. The van der Waals surface area contributed by atoms with Crippen molar-refractivity contribution in [1.82, 2.24) is 9.80 Å². The van der Waals surface area contributed by atoms with Crippen LogP contribution in [0, 0.1) is 17.8 Å². The maximum absolute atomic E-state index is 14.4. The van der Waals surface area contributed by atoms with E-state index in [4.69, 9.17) is 0 Å². The van der Waals surface area contributed by atoms with E-state index in [0.29, 0.717) is 13.1 Å². The first-order valence-corrected chi connectivity index (χ1v) is 14.6.